The molecule has 0 N–H and O–H groups in total. The zero-order valence-corrected chi connectivity index (χ0v) is 20.5. The van der Waals surface area contributed by atoms with Crippen LogP contribution in [0.15, 0.2) is 134 Å². The number of fused-ring (bicyclic) bond motifs is 3. The molecule has 38 heavy (non-hydrogen) atoms. The van der Waals surface area contributed by atoms with Gasteiger partial charge < -0.3 is 0 Å². The monoisotopic (exact) mass is 486 g/mol. The molecule has 7 rings (SSSR count). The van der Waals surface area contributed by atoms with Gasteiger partial charge in [-0.1, -0.05) is 72.8 Å². The molecule has 0 aliphatic carbocycles. The molecule has 178 valence electrons. The Morgan fingerprint density at radius 2 is 0.763 bits per heavy atom. The van der Waals surface area contributed by atoms with Crippen LogP contribution in [0, 0.1) is 0 Å². The minimum Gasteiger partial charge on any atom is -0.256 e. The fourth-order valence-corrected chi connectivity index (χ4v) is 4.84. The van der Waals surface area contributed by atoms with Crippen LogP contribution < -0.4 is 0 Å². The van der Waals surface area contributed by atoms with Gasteiger partial charge in [0.15, 0.2) is 0 Å². The summed E-state index contributed by atoms with van der Waals surface area (Å²) in [7, 11) is 0. The molecule has 0 spiro atoms. The predicted molar refractivity (Wildman–Crippen MR) is 154 cm³/mol. The van der Waals surface area contributed by atoms with Crippen LogP contribution in [-0.4, -0.2) is 19.9 Å². The highest BCUT2D eigenvalue weighted by atomic mass is 14.7. The summed E-state index contributed by atoms with van der Waals surface area (Å²) in [5.41, 5.74) is 10.4. The molecule has 0 atom stereocenters. The summed E-state index contributed by atoms with van der Waals surface area (Å²) < 4.78 is 0. The van der Waals surface area contributed by atoms with E-state index in [1.54, 1.807) is 0 Å². The molecule has 0 fully saturated rings. The number of aromatic nitrogens is 4. The quantitative estimate of drug-likeness (QED) is 0.235. The third-order valence-electron chi connectivity index (χ3n) is 6.86. The molecule has 3 aromatic carbocycles. The maximum atomic E-state index is 4.83. The maximum absolute atomic E-state index is 4.83. The third-order valence-corrected chi connectivity index (χ3v) is 6.86. The summed E-state index contributed by atoms with van der Waals surface area (Å²) in [4.78, 5) is 18.5. The van der Waals surface area contributed by atoms with E-state index in [1.807, 2.05) is 61.2 Å². The minimum absolute atomic E-state index is 0.911. The van der Waals surface area contributed by atoms with Crippen molar-refractivity contribution in [3.8, 4) is 44.8 Å². The van der Waals surface area contributed by atoms with Gasteiger partial charge in [-0.15, -0.1) is 0 Å². The average molecular weight is 487 g/mol. The smallest absolute Gasteiger partial charge is 0.0965 e. The number of pyridine rings is 4. The van der Waals surface area contributed by atoms with Crippen molar-refractivity contribution < 1.29 is 0 Å². The summed E-state index contributed by atoms with van der Waals surface area (Å²) in [5.74, 6) is 0. The number of hydrogen-bond acceptors (Lipinski definition) is 4. The summed E-state index contributed by atoms with van der Waals surface area (Å²) in [6, 6.07) is 37.5. The molecular formula is C34H22N4. The molecule has 0 amide bonds. The highest BCUT2D eigenvalue weighted by molar-refractivity contribution is 6.04. The molecule has 0 radical (unpaired) electrons. The molecule has 4 heteroatoms. The van der Waals surface area contributed by atoms with E-state index in [0.717, 1.165) is 66.6 Å². The fourth-order valence-electron chi connectivity index (χ4n) is 4.84. The van der Waals surface area contributed by atoms with Crippen molar-refractivity contribution in [3.05, 3.63) is 134 Å². The summed E-state index contributed by atoms with van der Waals surface area (Å²) >= 11 is 0. The lowest BCUT2D eigenvalue weighted by atomic mass is 10.0. The van der Waals surface area contributed by atoms with Gasteiger partial charge in [-0.3, -0.25) is 19.9 Å². The Hall–Kier alpha value is -5.22. The van der Waals surface area contributed by atoms with E-state index in [1.165, 1.54) is 0 Å². The Morgan fingerprint density at radius 1 is 0.342 bits per heavy atom. The van der Waals surface area contributed by atoms with E-state index in [0.29, 0.717) is 0 Å². The van der Waals surface area contributed by atoms with Crippen LogP contribution in [-0.2, 0) is 0 Å². The molecule has 0 unspecified atom stereocenters. The van der Waals surface area contributed by atoms with E-state index in [2.05, 4.69) is 82.8 Å². The Balaban J connectivity index is 1.19. The molecule has 4 aromatic heterocycles. The fraction of sp³-hybridized carbons (Fsp3) is 0. The van der Waals surface area contributed by atoms with Crippen LogP contribution in [0.5, 0.6) is 0 Å². The van der Waals surface area contributed by atoms with Crippen molar-refractivity contribution in [1.29, 1.82) is 0 Å². The molecule has 7 aromatic rings. The third kappa shape index (κ3) is 4.08. The molecular weight excluding hydrogens is 464 g/mol. The van der Waals surface area contributed by atoms with Crippen LogP contribution in [0.1, 0.15) is 0 Å². The first-order valence-electron chi connectivity index (χ1n) is 12.5. The largest absolute Gasteiger partial charge is 0.256 e. The Morgan fingerprint density at radius 3 is 1.16 bits per heavy atom. The highest BCUT2D eigenvalue weighted by Crippen LogP contribution is 2.31. The average Bonchev–Trinajstić information content (AvgIpc) is 3.01. The number of hydrogen-bond donors (Lipinski definition) is 0. The van der Waals surface area contributed by atoms with Gasteiger partial charge in [0.25, 0.3) is 0 Å². The van der Waals surface area contributed by atoms with Crippen molar-refractivity contribution in [2.24, 2.45) is 0 Å². The van der Waals surface area contributed by atoms with Gasteiger partial charge in [0, 0.05) is 57.8 Å². The van der Waals surface area contributed by atoms with E-state index < -0.39 is 0 Å². The first-order valence-corrected chi connectivity index (χ1v) is 12.5. The predicted octanol–water partition coefficient (Wildman–Crippen LogP) is 8.24. The number of benzene rings is 3. The molecule has 0 aliphatic rings. The van der Waals surface area contributed by atoms with Gasteiger partial charge in [0.1, 0.15) is 0 Å². The topological polar surface area (TPSA) is 51.6 Å². The summed E-state index contributed by atoms with van der Waals surface area (Å²) in [5, 5.41) is 2.15. The van der Waals surface area contributed by atoms with Crippen molar-refractivity contribution >= 4 is 21.8 Å². The minimum atomic E-state index is 0.911. The number of nitrogens with zero attached hydrogens (tertiary/aromatic N) is 4. The molecule has 0 saturated heterocycles. The van der Waals surface area contributed by atoms with Gasteiger partial charge in [-0.25, -0.2) is 0 Å². The van der Waals surface area contributed by atoms with Gasteiger partial charge >= 0.3 is 0 Å². The van der Waals surface area contributed by atoms with E-state index in [9.17, 15) is 0 Å². The van der Waals surface area contributed by atoms with Crippen molar-refractivity contribution in [2.75, 3.05) is 0 Å². The highest BCUT2D eigenvalue weighted by Gasteiger charge is 2.09. The second-order valence-electron chi connectivity index (χ2n) is 9.24. The lowest BCUT2D eigenvalue weighted by Gasteiger charge is -2.09. The Bertz CT molecular complexity index is 1740. The van der Waals surface area contributed by atoms with Gasteiger partial charge in [-0.2, -0.15) is 0 Å². The standard InChI is InChI=1S/C34H22N4/c1-3-17-35-31(5-1)25-11-7-23(8-12-25)29-19-27-15-16-28-20-30(22-38-34(28)33(27)37-21-29)24-9-13-26(14-10-24)32-6-2-4-18-36-32/h1-22H. The summed E-state index contributed by atoms with van der Waals surface area (Å²) in [6.45, 7) is 0. The van der Waals surface area contributed by atoms with Gasteiger partial charge in [-0.05, 0) is 47.5 Å². The normalized spacial score (nSPS) is 11.2. The first kappa shape index (κ1) is 22.0. The number of rotatable bonds is 4. The zero-order chi connectivity index (χ0) is 25.3. The van der Waals surface area contributed by atoms with Crippen molar-refractivity contribution in [3.63, 3.8) is 0 Å². The molecule has 4 heterocycles. The second kappa shape index (κ2) is 9.34. The maximum Gasteiger partial charge on any atom is 0.0965 e. The van der Waals surface area contributed by atoms with Crippen LogP contribution in [0.4, 0.5) is 0 Å². The van der Waals surface area contributed by atoms with Crippen LogP contribution >= 0.6 is 0 Å². The Labute approximate surface area is 220 Å². The lowest BCUT2D eigenvalue weighted by Crippen LogP contribution is -1.89. The van der Waals surface area contributed by atoms with Crippen molar-refractivity contribution in [2.45, 2.75) is 0 Å². The molecule has 0 saturated carbocycles. The van der Waals surface area contributed by atoms with Gasteiger partial charge in [0.2, 0.25) is 0 Å². The molecule has 0 aliphatic heterocycles. The van der Waals surface area contributed by atoms with Crippen LogP contribution in [0.3, 0.4) is 0 Å². The van der Waals surface area contributed by atoms with E-state index in [-0.39, 0.29) is 0 Å². The van der Waals surface area contributed by atoms with Crippen LogP contribution in [0.2, 0.25) is 0 Å². The van der Waals surface area contributed by atoms with E-state index in [4.69, 9.17) is 9.97 Å². The van der Waals surface area contributed by atoms with Crippen LogP contribution in [0.25, 0.3) is 66.6 Å². The van der Waals surface area contributed by atoms with E-state index >= 15 is 0 Å². The zero-order valence-electron chi connectivity index (χ0n) is 20.5. The summed E-state index contributed by atoms with van der Waals surface area (Å²) in [6.07, 6.45) is 7.50. The molecule has 0 bridgehead atoms. The SMILES string of the molecule is c1ccc(-c2ccc(-c3cnc4c(ccc5cc(-c6ccc(-c7ccccn7)cc6)cnc54)c3)cc2)nc1. The van der Waals surface area contributed by atoms with Crippen molar-refractivity contribution in [1.82, 2.24) is 19.9 Å². The molecule has 4 nitrogen and oxygen atoms in total. The lowest BCUT2D eigenvalue weighted by molar-refractivity contribution is 1.32. The first-order chi connectivity index (χ1) is 18.8. The Kier molecular flexibility index (Phi) is 5.41. The second-order valence-corrected chi connectivity index (χ2v) is 9.24. The van der Waals surface area contributed by atoms with Gasteiger partial charge in [0.05, 0.1) is 22.4 Å².